The lowest BCUT2D eigenvalue weighted by Gasteiger charge is -2.24. The van der Waals surface area contributed by atoms with Crippen LogP contribution in [-0.4, -0.2) is 16.4 Å². The van der Waals surface area contributed by atoms with Gasteiger partial charge in [-0.15, -0.1) is 0 Å². The number of carbonyl (C=O) groups is 1. The standard InChI is InChI=1S/C24H29F2NO/c1-23(2,3)13-19(28)14-24(26)11-16-8-15(9-17(16)12-24)20-6-7-27-22-5-4-18(25)10-21(20)22/h4-7,10,15-17H,8-9,11-14H2,1-3H3/t15?,16-,17+,24?. The van der Waals surface area contributed by atoms with Crippen molar-refractivity contribution < 1.29 is 13.6 Å². The number of benzene rings is 1. The molecule has 4 rings (SSSR count). The monoisotopic (exact) mass is 385 g/mol. The van der Waals surface area contributed by atoms with Crippen LogP contribution in [-0.2, 0) is 4.79 Å². The molecule has 1 aromatic heterocycles. The number of hydrogen-bond donors (Lipinski definition) is 0. The molecule has 2 nitrogen and oxygen atoms in total. The van der Waals surface area contributed by atoms with Crippen molar-refractivity contribution >= 4 is 16.7 Å². The normalized spacial score (nSPS) is 30.0. The van der Waals surface area contributed by atoms with Crippen LogP contribution in [0.4, 0.5) is 8.78 Å². The minimum atomic E-state index is -1.34. The van der Waals surface area contributed by atoms with Gasteiger partial charge in [0.05, 0.1) is 5.52 Å². The van der Waals surface area contributed by atoms with Crippen molar-refractivity contribution in [3.8, 4) is 0 Å². The number of pyridine rings is 1. The maximum atomic E-state index is 15.4. The van der Waals surface area contributed by atoms with Crippen LogP contribution in [0.15, 0.2) is 30.5 Å². The summed E-state index contributed by atoms with van der Waals surface area (Å²) in [5.41, 5.74) is 0.510. The fourth-order valence-electron chi connectivity index (χ4n) is 5.64. The van der Waals surface area contributed by atoms with E-state index in [0.29, 0.717) is 37.0 Å². The molecule has 0 saturated heterocycles. The molecule has 0 radical (unpaired) electrons. The Labute approximate surface area is 165 Å². The van der Waals surface area contributed by atoms with Gasteiger partial charge in [-0.25, -0.2) is 8.78 Å². The third-order valence-corrected chi connectivity index (χ3v) is 6.52. The summed E-state index contributed by atoms with van der Waals surface area (Å²) >= 11 is 0. The highest BCUT2D eigenvalue weighted by Gasteiger charge is 2.51. The lowest BCUT2D eigenvalue weighted by atomic mass is 9.84. The third kappa shape index (κ3) is 3.97. The fraction of sp³-hybridized carbons (Fsp3) is 0.583. The van der Waals surface area contributed by atoms with Crippen molar-refractivity contribution in [2.75, 3.05) is 0 Å². The largest absolute Gasteiger partial charge is 0.300 e. The predicted octanol–water partition coefficient (Wildman–Crippen LogP) is 6.38. The number of fused-ring (bicyclic) bond motifs is 2. The van der Waals surface area contributed by atoms with Gasteiger partial charge in [0.25, 0.3) is 0 Å². The average molecular weight is 385 g/mol. The van der Waals surface area contributed by atoms with E-state index in [2.05, 4.69) is 4.98 Å². The first-order valence-electron chi connectivity index (χ1n) is 10.4. The van der Waals surface area contributed by atoms with Gasteiger partial charge in [-0.2, -0.15) is 0 Å². The third-order valence-electron chi connectivity index (χ3n) is 6.52. The highest BCUT2D eigenvalue weighted by atomic mass is 19.1. The Morgan fingerprint density at radius 1 is 1.18 bits per heavy atom. The molecular formula is C24H29F2NO. The number of alkyl halides is 1. The number of Topliss-reactive ketones (excluding diaryl/α,β-unsaturated/α-hetero) is 1. The summed E-state index contributed by atoms with van der Waals surface area (Å²) in [5, 5.41) is 0.874. The van der Waals surface area contributed by atoms with E-state index in [1.165, 1.54) is 6.07 Å². The number of ketones is 1. The topological polar surface area (TPSA) is 30.0 Å². The number of hydrogen-bond acceptors (Lipinski definition) is 2. The summed E-state index contributed by atoms with van der Waals surface area (Å²) in [6, 6.07) is 6.71. The Hall–Kier alpha value is -1.84. The van der Waals surface area contributed by atoms with Crippen molar-refractivity contribution in [3.05, 3.63) is 41.8 Å². The zero-order valence-corrected chi connectivity index (χ0v) is 17.0. The van der Waals surface area contributed by atoms with E-state index in [0.717, 1.165) is 29.3 Å². The Kier molecular flexibility index (Phi) is 4.79. The van der Waals surface area contributed by atoms with Gasteiger partial charge in [0.2, 0.25) is 0 Å². The van der Waals surface area contributed by atoms with Crippen molar-refractivity contribution in [1.82, 2.24) is 4.98 Å². The molecule has 1 aromatic carbocycles. The summed E-state index contributed by atoms with van der Waals surface area (Å²) in [5.74, 6) is 0.739. The highest BCUT2D eigenvalue weighted by molar-refractivity contribution is 5.82. The lowest BCUT2D eigenvalue weighted by molar-refractivity contribution is -0.123. The van der Waals surface area contributed by atoms with Crippen LogP contribution in [0.3, 0.4) is 0 Å². The van der Waals surface area contributed by atoms with Crippen molar-refractivity contribution in [2.45, 2.75) is 70.9 Å². The smallest absolute Gasteiger partial charge is 0.136 e. The quantitative estimate of drug-likeness (QED) is 0.611. The van der Waals surface area contributed by atoms with Crippen LogP contribution >= 0.6 is 0 Å². The lowest BCUT2D eigenvalue weighted by Crippen LogP contribution is -2.26. The SMILES string of the molecule is CC(C)(C)CC(=O)CC1(F)C[C@H]2CC(c3ccnc4ccc(F)cc34)C[C@H]2C1. The molecule has 2 unspecified atom stereocenters. The molecule has 0 spiro atoms. The van der Waals surface area contributed by atoms with Crippen LogP contribution in [0.25, 0.3) is 10.9 Å². The summed E-state index contributed by atoms with van der Waals surface area (Å²) in [7, 11) is 0. The minimum absolute atomic E-state index is 0.0436. The number of halogens is 2. The Bertz CT molecular complexity index is 887. The van der Waals surface area contributed by atoms with Gasteiger partial charge in [0, 0.05) is 24.4 Å². The van der Waals surface area contributed by atoms with E-state index in [9.17, 15) is 9.18 Å². The second-order valence-corrected chi connectivity index (χ2v) is 10.3. The van der Waals surface area contributed by atoms with E-state index < -0.39 is 5.67 Å². The van der Waals surface area contributed by atoms with Gasteiger partial charge in [0.1, 0.15) is 17.3 Å². The molecule has 0 bridgehead atoms. The van der Waals surface area contributed by atoms with Crippen LogP contribution in [0.2, 0.25) is 0 Å². The second-order valence-electron chi connectivity index (χ2n) is 10.3. The molecule has 2 aromatic rings. The average Bonchev–Trinajstić information content (AvgIpc) is 3.06. The summed E-state index contributed by atoms with van der Waals surface area (Å²) in [4.78, 5) is 16.7. The van der Waals surface area contributed by atoms with Gasteiger partial charge in [0.15, 0.2) is 0 Å². The van der Waals surface area contributed by atoms with Gasteiger partial charge >= 0.3 is 0 Å². The maximum absolute atomic E-state index is 15.4. The molecule has 2 saturated carbocycles. The Morgan fingerprint density at radius 3 is 2.50 bits per heavy atom. The summed E-state index contributed by atoms with van der Waals surface area (Å²) in [6.45, 7) is 6.06. The maximum Gasteiger partial charge on any atom is 0.136 e. The van der Waals surface area contributed by atoms with Crippen LogP contribution < -0.4 is 0 Å². The van der Waals surface area contributed by atoms with Crippen molar-refractivity contribution in [1.29, 1.82) is 0 Å². The van der Waals surface area contributed by atoms with Crippen LogP contribution in [0.5, 0.6) is 0 Å². The molecule has 2 aliphatic rings. The number of aromatic nitrogens is 1. The Morgan fingerprint density at radius 2 is 1.86 bits per heavy atom. The molecule has 0 N–H and O–H groups in total. The van der Waals surface area contributed by atoms with E-state index in [1.54, 1.807) is 18.3 Å². The molecule has 4 atom stereocenters. The number of carbonyl (C=O) groups excluding carboxylic acids is 1. The van der Waals surface area contributed by atoms with Crippen molar-refractivity contribution in [3.63, 3.8) is 0 Å². The molecule has 4 heteroatoms. The first-order chi connectivity index (χ1) is 13.1. The molecule has 2 aliphatic carbocycles. The summed E-state index contributed by atoms with van der Waals surface area (Å²) < 4.78 is 29.2. The van der Waals surface area contributed by atoms with E-state index in [1.807, 2.05) is 26.8 Å². The van der Waals surface area contributed by atoms with Crippen LogP contribution in [0, 0.1) is 23.1 Å². The predicted molar refractivity (Wildman–Crippen MR) is 107 cm³/mol. The van der Waals surface area contributed by atoms with Gasteiger partial charge in [-0.3, -0.25) is 9.78 Å². The molecule has 0 amide bonds. The summed E-state index contributed by atoms with van der Waals surface area (Å²) in [6.07, 6.45) is 5.09. The minimum Gasteiger partial charge on any atom is -0.300 e. The van der Waals surface area contributed by atoms with Gasteiger partial charge in [-0.05, 0) is 78.7 Å². The van der Waals surface area contributed by atoms with E-state index in [4.69, 9.17) is 0 Å². The van der Waals surface area contributed by atoms with Gasteiger partial charge in [-0.1, -0.05) is 20.8 Å². The molecule has 150 valence electrons. The highest BCUT2D eigenvalue weighted by Crippen LogP contribution is 2.56. The zero-order chi connectivity index (χ0) is 20.1. The number of nitrogens with zero attached hydrogens (tertiary/aromatic N) is 1. The fourth-order valence-corrected chi connectivity index (χ4v) is 5.64. The first-order valence-corrected chi connectivity index (χ1v) is 10.4. The first kappa shape index (κ1) is 19.5. The second kappa shape index (κ2) is 6.89. The van der Waals surface area contributed by atoms with Gasteiger partial charge < -0.3 is 0 Å². The van der Waals surface area contributed by atoms with E-state index >= 15 is 4.39 Å². The zero-order valence-electron chi connectivity index (χ0n) is 17.0. The van der Waals surface area contributed by atoms with Crippen molar-refractivity contribution in [2.24, 2.45) is 17.3 Å². The Balaban J connectivity index is 1.46. The van der Waals surface area contributed by atoms with E-state index in [-0.39, 0.29) is 23.4 Å². The molecule has 1 heterocycles. The molecular weight excluding hydrogens is 356 g/mol. The van der Waals surface area contributed by atoms with Crippen LogP contribution in [0.1, 0.15) is 70.8 Å². The number of rotatable bonds is 4. The molecule has 2 fully saturated rings. The molecule has 0 aliphatic heterocycles. The molecule has 28 heavy (non-hydrogen) atoms.